The molecule has 5 heteroatoms. The number of carbonyl (C=O) groups excluding carboxylic acids is 1. The summed E-state index contributed by atoms with van der Waals surface area (Å²) in [6, 6.07) is 12.8. The van der Waals surface area contributed by atoms with E-state index in [9.17, 15) is 14.7 Å². The predicted octanol–water partition coefficient (Wildman–Crippen LogP) is 2.68. The Morgan fingerprint density at radius 3 is 2.70 bits per heavy atom. The quantitative estimate of drug-likeness (QED) is 0.942. The highest BCUT2D eigenvalue weighted by Gasteiger charge is 2.31. The summed E-state index contributed by atoms with van der Waals surface area (Å²) in [4.78, 5) is 25.0. The molecule has 120 valence electrons. The van der Waals surface area contributed by atoms with Crippen molar-refractivity contribution in [3.63, 3.8) is 0 Å². The van der Waals surface area contributed by atoms with Crippen molar-refractivity contribution in [3.05, 3.63) is 42.5 Å². The van der Waals surface area contributed by atoms with Crippen LogP contribution in [0.1, 0.15) is 19.3 Å². The second kappa shape index (κ2) is 6.69. The number of rotatable bonds is 4. The van der Waals surface area contributed by atoms with Gasteiger partial charge in [-0.15, -0.1) is 0 Å². The molecular weight excluding hydrogens is 294 g/mol. The molecule has 3 rings (SSSR count). The molecule has 0 bridgehead atoms. The molecule has 1 aliphatic rings. The lowest BCUT2D eigenvalue weighted by molar-refractivity contribution is -0.152. The summed E-state index contributed by atoms with van der Waals surface area (Å²) in [5.41, 5.74) is 0. The van der Waals surface area contributed by atoms with Crippen molar-refractivity contribution in [1.82, 2.24) is 4.90 Å². The van der Waals surface area contributed by atoms with E-state index < -0.39 is 12.0 Å². The molecule has 2 aromatic rings. The third kappa shape index (κ3) is 3.44. The van der Waals surface area contributed by atoms with Gasteiger partial charge in [-0.3, -0.25) is 4.79 Å². The van der Waals surface area contributed by atoms with Crippen molar-refractivity contribution in [1.29, 1.82) is 0 Å². The smallest absolute Gasteiger partial charge is 0.326 e. The molecule has 23 heavy (non-hydrogen) atoms. The third-order valence-corrected chi connectivity index (χ3v) is 4.19. The number of hydrogen-bond acceptors (Lipinski definition) is 3. The van der Waals surface area contributed by atoms with E-state index >= 15 is 0 Å². The highest BCUT2D eigenvalue weighted by molar-refractivity contribution is 5.85. The zero-order valence-corrected chi connectivity index (χ0v) is 12.8. The number of nitrogens with zero attached hydrogens (tertiary/aromatic N) is 1. The second-order valence-corrected chi connectivity index (χ2v) is 5.73. The van der Waals surface area contributed by atoms with E-state index in [0.717, 1.165) is 23.6 Å². The summed E-state index contributed by atoms with van der Waals surface area (Å²) in [6.45, 7) is 0.346. The number of fused-ring (bicyclic) bond motifs is 1. The summed E-state index contributed by atoms with van der Waals surface area (Å²) in [6.07, 6.45) is 2.19. The van der Waals surface area contributed by atoms with Gasteiger partial charge in [0.1, 0.15) is 11.8 Å². The minimum atomic E-state index is -0.941. The van der Waals surface area contributed by atoms with Gasteiger partial charge in [0.2, 0.25) is 0 Å². The number of hydrogen-bond donors (Lipinski definition) is 1. The molecule has 1 N–H and O–H groups in total. The molecule has 1 fully saturated rings. The van der Waals surface area contributed by atoms with Crippen LogP contribution in [-0.4, -0.2) is 41.1 Å². The number of carbonyl (C=O) groups is 2. The Balaban J connectivity index is 1.66. The molecule has 0 radical (unpaired) electrons. The van der Waals surface area contributed by atoms with Crippen molar-refractivity contribution < 1.29 is 19.4 Å². The van der Waals surface area contributed by atoms with Crippen molar-refractivity contribution in [2.75, 3.05) is 13.2 Å². The van der Waals surface area contributed by atoms with Crippen molar-refractivity contribution in [2.24, 2.45) is 0 Å². The van der Waals surface area contributed by atoms with Crippen LogP contribution in [0.25, 0.3) is 10.8 Å². The maximum Gasteiger partial charge on any atom is 0.326 e. The van der Waals surface area contributed by atoms with Gasteiger partial charge in [0.25, 0.3) is 5.91 Å². The fourth-order valence-corrected chi connectivity index (χ4v) is 2.97. The van der Waals surface area contributed by atoms with Gasteiger partial charge >= 0.3 is 5.97 Å². The van der Waals surface area contributed by atoms with Gasteiger partial charge in [0.15, 0.2) is 6.61 Å². The molecule has 1 atom stereocenters. The Labute approximate surface area is 134 Å². The van der Waals surface area contributed by atoms with E-state index in [1.807, 2.05) is 42.5 Å². The third-order valence-electron chi connectivity index (χ3n) is 4.19. The maximum atomic E-state index is 12.3. The largest absolute Gasteiger partial charge is 0.484 e. The van der Waals surface area contributed by atoms with E-state index in [1.165, 1.54) is 4.90 Å². The summed E-state index contributed by atoms with van der Waals surface area (Å²) < 4.78 is 5.57. The van der Waals surface area contributed by atoms with Crippen molar-refractivity contribution in [3.8, 4) is 5.75 Å². The van der Waals surface area contributed by atoms with Crippen molar-refractivity contribution in [2.45, 2.75) is 25.3 Å². The second-order valence-electron chi connectivity index (χ2n) is 5.73. The monoisotopic (exact) mass is 313 g/mol. The zero-order chi connectivity index (χ0) is 16.2. The summed E-state index contributed by atoms with van der Waals surface area (Å²) in [5, 5.41) is 11.4. The van der Waals surface area contributed by atoms with Crippen LogP contribution in [0, 0.1) is 0 Å². The van der Waals surface area contributed by atoms with E-state index in [2.05, 4.69) is 0 Å². The fourth-order valence-electron chi connectivity index (χ4n) is 2.97. The van der Waals surface area contributed by atoms with Crippen LogP contribution in [0.15, 0.2) is 42.5 Å². The molecule has 1 amide bonds. The van der Waals surface area contributed by atoms with E-state index in [1.54, 1.807) is 0 Å². The van der Waals surface area contributed by atoms with Gasteiger partial charge in [-0.05, 0) is 42.2 Å². The van der Waals surface area contributed by atoms with Crippen LogP contribution in [-0.2, 0) is 9.59 Å². The minimum absolute atomic E-state index is 0.137. The number of aliphatic carboxylic acids is 1. The fraction of sp³-hybridized carbons (Fsp3) is 0.333. The first-order valence-corrected chi connectivity index (χ1v) is 7.79. The van der Waals surface area contributed by atoms with Gasteiger partial charge in [-0.25, -0.2) is 4.79 Å². The van der Waals surface area contributed by atoms with Gasteiger partial charge in [-0.1, -0.05) is 30.3 Å². The number of ether oxygens (including phenoxy) is 1. The van der Waals surface area contributed by atoms with Crippen LogP contribution in [0.4, 0.5) is 0 Å². The lowest BCUT2D eigenvalue weighted by Gasteiger charge is -2.32. The van der Waals surface area contributed by atoms with Gasteiger partial charge < -0.3 is 14.7 Å². The van der Waals surface area contributed by atoms with Crippen LogP contribution < -0.4 is 4.74 Å². The number of carboxylic acids is 1. The topological polar surface area (TPSA) is 66.8 Å². The average molecular weight is 313 g/mol. The molecule has 0 saturated carbocycles. The zero-order valence-electron chi connectivity index (χ0n) is 12.8. The first-order valence-electron chi connectivity index (χ1n) is 7.79. The number of likely N-dealkylation sites (tertiary alicyclic amines) is 1. The maximum absolute atomic E-state index is 12.3. The average Bonchev–Trinajstić information content (AvgIpc) is 2.59. The molecule has 1 saturated heterocycles. The number of piperidine rings is 1. The van der Waals surface area contributed by atoms with Crippen LogP contribution in [0.2, 0.25) is 0 Å². The molecule has 2 aromatic carbocycles. The Kier molecular flexibility index (Phi) is 4.46. The van der Waals surface area contributed by atoms with E-state index in [-0.39, 0.29) is 12.5 Å². The molecule has 5 nitrogen and oxygen atoms in total. The SMILES string of the molecule is O=C(O)[C@H]1CCCCN1C(=O)COc1ccc2ccccc2c1. The lowest BCUT2D eigenvalue weighted by Crippen LogP contribution is -2.49. The molecule has 0 aliphatic carbocycles. The first-order chi connectivity index (χ1) is 11.1. The summed E-state index contributed by atoms with van der Waals surface area (Å²) >= 11 is 0. The normalized spacial score (nSPS) is 17.9. The van der Waals surface area contributed by atoms with Crippen LogP contribution in [0.5, 0.6) is 5.75 Å². The van der Waals surface area contributed by atoms with Gasteiger partial charge in [0, 0.05) is 6.54 Å². The first kappa shape index (κ1) is 15.3. The number of benzene rings is 2. The summed E-state index contributed by atoms with van der Waals surface area (Å²) in [7, 11) is 0. The Bertz CT molecular complexity index is 728. The number of carboxylic acid groups (broad SMARTS) is 1. The summed E-state index contributed by atoms with van der Waals surface area (Å²) in [5.74, 6) is -0.602. The molecule has 0 aromatic heterocycles. The molecular formula is C18H19NO4. The lowest BCUT2D eigenvalue weighted by atomic mass is 10.0. The minimum Gasteiger partial charge on any atom is -0.484 e. The standard InChI is InChI=1S/C18H19NO4/c20-17(19-10-4-3-7-16(19)18(21)22)12-23-15-9-8-13-5-1-2-6-14(13)11-15/h1-2,5-6,8-9,11,16H,3-4,7,10,12H2,(H,21,22)/t16-/m1/s1. The van der Waals surface area contributed by atoms with Gasteiger partial charge in [0.05, 0.1) is 0 Å². The van der Waals surface area contributed by atoms with E-state index in [4.69, 9.17) is 4.74 Å². The Morgan fingerprint density at radius 2 is 1.91 bits per heavy atom. The van der Waals surface area contributed by atoms with Crippen LogP contribution in [0.3, 0.4) is 0 Å². The predicted molar refractivity (Wildman–Crippen MR) is 86.4 cm³/mol. The van der Waals surface area contributed by atoms with Crippen LogP contribution >= 0.6 is 0 Å². The molecule has 1 aliphatic heterocycles. The number of amides is 1. The molecule has 0 spiro atoms. The van der Waals surface area contributed by atoms with Crippen molar-refractivity contribution >= 4 is 22.6 Å². The Hall–Kier alpha value is -2.56. The molecule has 0 unspecified atom stereocenters. The van der Waals surface area contributed by atoms with E-state index in [0.29, 0.717) is 18.7 Å². The molecule has 1 heterocycles. The highest BCUT2D eigenvalue weighted by Crippen LogP contribution is 2.21. The Morgan fingerprint density at radius 1 is 1.13 bits per heavy atom. The highest BCUT2D eigenvalue weighted by atomic mass is 16.5. The van der Waals surface area contributed by atoms with Gasteiger partial charge in [-0.2, -0.15) is 0 Å².